The van der Waals surface area contributed by atoms with Crippen molar-refractivity contribution in [1.82, 2.24) is 0 Å². The summed E-state index contributed by atoms with van der Waals surface area (Å²) in [6.45, 7) is 9.18. The Morgan fingerprint density at radius 3 is 2.55 bits per heavy atom. The fraction of sp³-hybridized carbons (Fsp3) is 0.588. The zero-order valence-electron chi connectivity index (χ0n) is 13.4. The second-order valence-electron chi connectivity index (χ2n) is 6.93. The van der Waals surface area contributed by atoms with Crippen molar-refractivity contribution < 1.29 is 19.1 Å². The summed E-state index contributed by atoms with van der Waals surface area (Å²) < 4.78 is 5.25. The van der Waals surface area contributed by atoms with E-state index in [1.54, 1.807) is 13.0 Å². The fourth-order valence-electron chi connectivity index (χ4n) is 4.01. The van der Waals surface area contributed by atoms with Gasteiger partial charge in [-0.3, -0.25) is 14.4 Å². The number of esters is 1. The van der Waals surface area contributed by atoms with Crippen LogP contribution in [0, 0.1) is 22.2 Å². The minimum absolute atomic E-state index is 0.0207. The molecule has 5 heteroatoms. The number of hydrogen-bond donors (Lipinski definition) is 0. The summed E-state index contributed by atoms with van der Waals surface area (Å²) in [6, 6.07) is 0. The highest BCUT2D eigenvalue weighted by Crippen LogP contribution is 2.62. The van der Waals surface area contributed by atoms with Crippen LogP contribution in [0.1, 0.15) is 33.6 Å². The van der Waals surface area contributed by atoms with Gasteiger partial charge in [0.1, 0.15) is 0 Å². The number of rotatable bonds is 3. The van der Waals surface area contributed by atoms with E-state index in [0.717, 1.165) is 0 Å². The Bertz CT molecular complexity index is 604. The zero-order valence-corrected chi connectivity index (χ0v) is 15.0. The van der Waals surface area contributed by atoms with Crippen molar-refractivity contribution in [2.45, 2.75) is 33.6 Å². The van der Waals surface area contributed by atoms with Crippen LogP contribution >= 0.6 is 15.9 Å². The first-order chi connectivity index (χ1) is 10.1. The lowest BCUT2D eigenvalue weighted by Gasteiger charge is -2.56. The molecule has 0 heterocycles. The molecule has 0 saturated heterocycles. The molecule has 2 aliphatic carbocycles. The molecule has 0 aromatic heterocycles. The molecule has 2 rings (SSSR count). The highest BCUT2D eigenvalue weighted by atomic mass is 79.9. The van der Waals surface area contributed by atoms with Crippen LogP contribution in [-0.4, -0.2) is 24.6 Å². The maximum absolute atomic E-state index is 13.2. The molecule has 1 saturated carbocycles. The molecule has 2 aliphatic rings. The van der Waals surface area contributed by atoms with Crippen molar-refractivity contribution in [3.05, 3.63) is 23.2 Å². The maximum atomic E-state index is 13.2. The van der Waals surface area contributed by atoms with Crippen molar-refractivity contribution in [2.24, 2.45) is 22.2 Å². The number of ether oxygens (including phenoxy) is 1. The van der Waals surface area contributed by atoms with Crippen molar-refractivity contribution in [3.8, 4) is 0 Å². The Kier molecular flexibility index (Phi) is 4.01. The number of Topliss-reactive ketones (excluding diaryl/α,β-unsaturated/α-hetero) is 2. The highest BCUT2D eigenvalue weighted by Gasteiger charge is 2.70. The number of carbonyl (C=O) groups excluding carboxylic acids is 3. The van der Waals surface area contributed by atoms with Crippen LogP contribution in [0.3, 0.4) is 0 Å². The number of carbonyl (C=O) groups is 3. The van der Waals surface area contributed by atoms with Gasteiger partial charge in [0.25, 0.3) is 0 Å². The standard InChI is InChI=1S/C17H21BrO4/c1-6-7-10-8-16(4)12(19)11(18)9-17(13(16)20,14(21)22-5)15(10,2)3/h6,9-10H,1,7-8H2,2-5H3/t10-,16+,17-/m0/s1. The lowest BCUT2D eigenvalue weighted by atomic mass is 9.43. The van der Waals surface area contributed by atoms with Gasteiger partial charge in [-0.15, -0.1) is 6.58 Å². The number of methoxy groups -OCH3 is 1. The number of halogens is 1. The molecule has 4 nitrogen and oxygen atoms in total. The third kappa shape index (κ3) is 1.84. The van der Waals surface area contributed by atoms with Gasteiger partial charge in [-0.05, 0) is 53.1 Å². The average molecular weight is 369 g/mol. The summed E-state index contributed by atoms with van der Waals surface area (Å²) in [4.78, 5) is 38.4. The zero-order chi connectivity index (χ0) is 16.9. The molecular weight excluding hydrogens is 348 g/mol. The molecule has 3 atom stereocenters. The Morgan fingerprint density at radius 1 is 1.45 bits per heavy atom. The summed E-state index contributed by atoms with van der Waals surface area (Å²) in [5.74, 6) is -1.24. The molecule has 2 bridgehead atoms. The molecule has 0 aromatic carbocycles. The molecule has 120 valence electrons. The predicted molar refractivity (Wildman–Crippen MR) is 86.3 cm³/mol. The SMILES string of the molecule is C=CC[C@H]1C[C@]2(C)C(=O)C(Br)=C[C@@](C(=O)OC)(C2=O)C1(C)C. The predicted octanol–water partition coefficient (Wildman–Crippen LogP) is 3.20. The lowest BCUT2D eigenvalue weighted by molar-refractivity contribution is -0.178. The summed E-state index contributed by atoms with van der Waals surface area (Å²) in [5.41, 5.74) is -3.33. The first-order valence-corrected chi connectivity index (χ1v) is 8.06. The smallest absolute Gasteiger partial charge is 0.323 e. The Hall–Kier alpha value is -1.23. The lowest BCUT2D eigenvalue weighted by Crippen LogP contribution is -2.66. The second kappa shape index (κ2) is 5.15. The van der Waals surface area contributed by atoms with E-state index in [1.165, 1.54) is 13.2 Å². The number of allylic oxidation sites excluding steroid dienone is 2. The van der Waals surface area contributed by atoms with E-state index in [9.17, 15) is 14.4 Å². The Morgan fingerprint density at radius 2 is 2.05 bits per heavy atom. The number of ketones is 2. The van der Waals surface area contributed by atoms with Crippen molar-refractivity contribution in [1.29, 1.82) is 0 Å². The van der Waals surface area contributed by atoms with Gasteiger partial charge in [0.15, 0.2) is 17.0 Å². The number of hydrogen-bond acceptors (Lipinski definition) is 4. The molecule has 0 amide bonds. The van der Waals surface area contributed by atoms with E-state index in [4.69, 9.17) is 4.74 Å². The highest BCUT2D eigenvalue weighted by molar-refractivity contribution is 9.12. The summed E-state index contributed by atoms with van der Waals surface area (Å²) in [6.07, 6.45) is 4.27. The normalized spacial score (nSPS) is 36.6. The van der Waals surface area contributed by atoms with Crippen LogP contribution in [-0.2, 0) is 19.1 Å². The van der Waals surface area contributed by atoms with Crippen molar-refractivity contribution >= 4 is 33.5 Å². The molecule has 0 spiro atoms. The third-order valence-electron chi connectivity index (χ3n) is 5.57. The molecule has 22 heavy (non-hydrogen) atoms. The minimum Gasteiger partial charge on any atom is -0.468 e. The van der Waals surface area contributed by atoms with E-state index in [0.29, 0.717) is 12.8 Å². The second-order valence-corrected chi connectivity index (χ2v) is 7.78. The van der Waals surface area contributed by atoms with Crippen LogP contribution in [0.4, 0.5) is 0 Å². The summed E-state index contributed by atoms with van der Waals surface area (Å²) >= 11 is 3.25. The topological polar surface area (TPSA) is 60.4 Å². The van der Waals surface area contributed by atoms with Gasteiger partial charge >= 0.3 is 5.97 Å². The van der Waals surface area contributed by atoms with E-state index < -0.39 is 22.2 Å². The Balaban J connectivity index is 2.81. The van der Waals surface area contributed by atoms with Crippen LogP contribution in [0.15, 0.2) is 23.2 Å². The summed E-state index contributed by atoms with van der Waals surface area (Å²) in [5, 5.41) is 0. The van der Waals surface area contributed by atoms with E-state index in [2.05, 4.69) is 22.5 Å². The van der Waals surface area contributed by atoms with Crippen LogP contribution < -0.4 is 0 Å². The molecule has 0 unspecified atom stereocenters. The van der Waals surface area contributed by atoms with Crippen LogP contribution in [0.5, 0.6) is 0 Å². The molecule has 0 N–H and O–H groups in total. The van der Waals surface area contributed by atoms with Gasteiger partial charge in [0.05, 0.1) is 17.0 Å². The third-order valence-corrected chi connectivity index (χ3v) is 6.16. The van der Waals surface area contributed by atoms with Gasteiger partial charge in [-0.2, -0.15) is 0 Å². The van der Waals surface area contributed by atoms with E-state index >= 15 is 0 Å². The van der Waals surface area contributed by atoms with Gasteiger partial charge in [0, 0.05) is 0 Å². The monoisotopic (exact) mass is 368 g/mol. The van der Waals surface area contributed by atoms with Crippen LogP contribution in [0.25, 0.3) is 0 Å². The largest absolute Gasteiger partial charge is 0.468 e. The molecule has 0 aliphatic heterocycles. The molecular formula is C17H21BrO4. The fourth-order valence-corrected chi connectivity index (χ4v) is 4.79. The first-order valence-electron chi connectivity index (χ1n) is 7.27. The van der Waals surface area contributed by atoms with Gasteiger partial charge in [0.2, 0.25) is 0 Å². The maximum Gasteiger partial charge on any atom is 0.323 e. The van der Waals surface area contributed by atoms with Gasteiger partial charge in [-0.1, -0.05) is 19.9 Å². The summed E-state index contributed by atoms with van der Waals surface area (Å²) in [7, 11) is 1.27. The Labute approximate surface area is 139 Å². The van der Waals surface area contributed by atoms with Crippen LogP contribution in [0.2, 0.25) is 0 Å². The van der Waals surface area contributed by atoms with Crippen molar-refractivity contribution in [3.63, 3.8) is 0 Å². The average Bonchev–Trinajstić information content (AvgIpc) is 2.46. The molecule has 1 fully saturated rings. The van der Waals surface area contributed by atoms with Crippen molar-refractivity contribution in [2.75, 3.05) is 7.11 Å². The van der Waals surface area contributed by atoms with E-state index in [-0.39, 0.29) is 22.0 Å². The quantitative estimate of drug-likeness (QED) is 0.436. The number of fused-ring (bicyclic) bond motifs is 2. The minimum atomic E-state index is -1.45. The molecule has 0 radical (unpaired) electrons. The van der Waals surface area contributed by atoms with Gasteiger partial charge < -0.3 is 4.74 Å². The first kappa shape index (κ1) is 17.1. The van der Waals surface area contributed by atoms with E-state index in [1.807, 2.05) is 13.8 Å². The van der Waals surface area contributed by atoms with Gasteiger partial charge in [-0.25, -0.2) is 0 Å². The molecule has 0 aromatic rings.